The van der Waals surface area contributed by atoms with Gasteiger partial charge in [0.15, 0.2) is 0 Å². The highest BCUT2D eigenvalue weighted by Gasteiger charge is 2.30. The average Bonchev–Trinajstić information content (AvgIpc) is 2.50. The molecule has 0 aromatic carbocycles. The summed E-state index contributed by atoms with van der Waals surface area (Å²) in [6, 6.07) is 0.698. The lowest BCUT2D eigenvalue weighted by Crippen LogP contribution is -2.48. The summed E-state index contributed by atoms with van der Waals surface area (Å²) in [6.07, 6.45) is 3.96. The zero-order valence-electron chi connectivity index (χ0n) is 11.1. The molecule has 1 fully saturated rings. The molecule has 0 spiro atoms. The van der Waals surface area contributed by atoms with Gasteiger partial charge in [-0.15, -0.1) is 0 Å². The van der Waals surface area contributed by atoms with E-state index in [-0.39, 0.29) is 0 Å². The van der Waals surface area contributed by atoms with Gasteiger partial charge in [0.2, 0.25) is 0 Å². The molecule has 0 radical (unpaired) electrons. The zero-order chi connectivity index (χ0) is 11.5. The first kappa shape index (κ1) is 13.0. The first-order valence-electron chi connectivity index (χ1n) is 6.38. The molecule has 0 bridgehead atoms. The zero-order valence-corrected chi connectivity index (χ0v) is 11.1. The van der Waals surface area contributed by atoms with Gasteiger partial charge >= 0.3 is 0 Å². The lowest BCUT2D eigenvalue weighted by molar-refractivity contribution is 0.175. The van der Waals surface area contributed by atoms with Crippen molar-refractivity contribution in [2.75, 3.05) is 20.1 Å². The Hall–Kier alpha value is -0.0800. The number of likely N-dealkylation sites (N-methyl/N-ethyl adjacent to an activating group) is 1. The van der Waals surface area contributed by atoms with Crippen LogP contribution in [0, 0.1) is 5.92 Å². The van der Waals surface area contributed by atoms with Crippen molar-refractivity contribution in [2.24, 2.45) is 5.92 Å². The second-order valence-corrected chi connectivity index (χ2v) is 5.98. The molecule has 0 aliphatic carbocycles. The van der Waals surface area contributed by atoms with Crippen molar-refractivity contribution in [3.8, 4) is 0 Å². The van der Waals surface area contributed by atoms with E-state index in [9.17, 15) is 0 Å². The molecule has 0 saturated carbocycles. The monoisotopic (exact) mass is 212 g/mol. The lowest BCUT2D eigenvalue weighted by atomic mass is 9.97. The van der Waals surface area contributed by atoms with Crippen LogP contribution >= 0.6 is 0 Å². The maximum atomic E-state index is 3.63. The van der Waals surface area contributed by atoms with Crippen molar-refractivity contribution in [3.05, 3.63) is 0 Å². The average molecular weight is 212 g/mol. The third-order valence-electron chi connectivity index (χ3n) is 3.62. The minimum atomic E-state index is 0.361. The van der Waals surface area contributed by atoms with Crippen molar-refractivity contribution < 1.29 is 0 Å². The van der Waals surface area contributed by atoms with Gasteiger partial charge in [-0.25, -0.2) is 0 Å². The van der Waals surface area contributed by atoms with Crippen LogP contribution in [0.15, 0.2) is 0 Å². The summed E-state index contributed by atoms with van der Waals surface area (Å²) < 4.78 is 0. The fourth-order valence-corrected chi connectivity index (χ4v) is 2.66. The summed E-state index contributed by atoms with van der Waals surface area (Å²) >= 11 is 0. The summed E-state index contributed by atoms with van der Waals surface area (Å²) in [5.74, 6) is 0.798. The molecule has 1 aliphatic rings. The van der Waals surface area contributed by atoms with Gasteiger partial charge in [-0.1, -0.05) is 13.8 Å². The first-order chi connectivity index (χ1) is 6.93. The Labute approximate surface area is 95.4 Å². The van der Waals surface area contributed by atoms with Crippen LogP contribution in [-0.4, -0.2) is 36.6 Å². The molecule has 2 heteroatoms. The van der Waals surface area contributed by atoms with Crippen molar-refractivity contribution in [2.45, 2.75) is 58.5 Å². The van der Waals surface area contributed by atoms with Gasteiger partial charge in [0.25, 0.3) is 0 Å². The van der Waals surface area contributed by atoms with Crippen LogP contribution in [0.2, 0.25) is 0 Å². The SMILES string of the molecule is CC(C)CC(C)N(C)CC1(C)CCCN1. The molecule has 0 amide bonds. The Balaban J connectivity index is 2.36. The maximum Gasteiger partial charge on any atom is 0.0280 e. The van der Waals surface area contributed by atoms with Crippen molar-refractivity contribution in [3.63, 3.8) is 0 Å². The molecule has 1 N–H and O–H groups in total. The Morgan fingerprint density at radius 2 is 2.00 bits per heavy atom. The number of hydrogen-bond donors (Lipinski definition) is 1. The van der Waals surface area contributed by atoms with Crippen LogP contribution in [0.1, 0.15) is 47.0 Å². The summed E-state index contributed by atoms with van der Waals surface area (Å²) in [7, 11) is 2.26. The molecule has 0 aromatic rings. The fourth-order valence-electron chi connectivity index (χ4n) is 2.66. The summed E-state index contributed by atoms with van der Waals surface area (Å²) in [4.78, 5) is 2.51. The van der Waals surface area contributed by atoms with E-state index in [1.54, 1.807) is 0 Å². The van der Waals surface area contributed by atoms with Crippen LogP contribution in [0.25, 0.3) is 0 Å². The minimum Gasteiger partial charge on any atom is -0.310 e. The van der Waals surface area contributed by atoms with Crippen LogP contribution in [0.3, 0.4) is 0 Å². The van der Waals surface area contributed by atoms with Gasteiger partial charge in [0, 0.05) is 18.1 Å². The highest BCUT2D eigenvalue weighted by molar-refractivity contribution is 4.91. The van der Waals surface area contributed by atoms with Crippen molar-refractivity contribution in [1.29, 1.82) is 0 Å². The van der Waals surface area contributed by atoms with E-state index in [0.29, 0.717) is 11.6 Å². The van der Waals surface area contributed by atoms with Crippen molar-refractivity contribution in [1.82, 2.24) is 10.2 Å². The third-order valence-corrected chi connectivity index (χ3v) is 3.62. The van der Waals surface area contributed by atoms with Crippen molar-refractivity contribution >= 4 is 0 Å². The first-order valence-corrected chi connectivity index (χ1v) is 6.38. The smallest absolute Gasteiger partial charge is 0.0280 e. The second kappa shape index (κ2) is 5.31. The van der Waals surface area contributed by atoms with E-state index >= 15 is 0 Å². The van der Waals surface area contributed by atoms with Gasteiger partial charge < -0.3 is 10.2 Å². The molecular weight excluding hydrogens is 184 g/mol. The Morgan fingerprint density at radius 1 is 1.33 bits per heavy atom. The largest absolute Gasteiger partial charge is 0.310 e. The number of nitrogens with one attached hydrogen (secondary N) is 1. The molecule has 15 heavy (non-hydrogen) atoms. The predicted molar refractivity (Wildman–Crippen MR) is 67.2 cm³/mol. The fraction of sp³-hybridized carbons (Fsp3) is 1.00. The van der Waals surface area contributed by atoms with Crippen LogP contribution in [0.5, 0.6) is 0 Å². The summed E-state index contributed by atoms with van der Waals surface area (Å²) in [5, 5.41) is 3.63. The molecule has 1 aliphatic heterocycles. The lowest BCUT2D eigenvalue weighted by Gasteiger charge is -2.34. The molecule has 2 atom stereocenters. The Kier molecular flexibility index (Phi) is 4.60. The molecular formula is C13H28N2. The highest BCUT2D eigenvalue weighted by atomic mass is 15.2. The number of nitrogens with zero attached hydrogens (tertiary/aromatic N) is 1. The maximum absolute atomic E-state index is 3.63. The Bertz CT molecular complexity index is 183. The third kappa shape index (κ3) is 4.12. The highest BCUT2D eigenvalue weighted by Crippen LogP contribution is 2.21. The molecule has 90 valence electrons. The topological polar surface area (TPSA) is 15.3 Å². The van der Waals surface area contributed by atoms with Crippen LogP contribution in [0.4, 0.5) is 0 Å². The Morgan fingerprint density at radius 3 is 2.47 bits per heavy atom. The quantitative estimate of drug-likeness (QED) is 0.753. The molecule has 2 nitrogen and oxygen atoms in total. The molecule has 1 heterocycles. The molecule has 1 rings (SSSR count). The van der Waals surface area contributed by atoms with E-state index in [4.69, 9.17) is 0 Å². The molecule has 0 aromatic heterocycles. The van der Waals surface area contributed by atoms with Gasteiger partial charge in [-0.3, -0.25) is 0 Å². The standard InChI is InChI=1S/C13H28N2/c1-11(2)9-12(3)15(5)10-13(4)7-6-8-14-13/h11-12,14H,6-10H2,1-5H3. The number of hydrogen-bond acceptors (Lipinski definition) is 2. The van der Waals surface area contributed by atoms with E-state index in [0.717, 1.165) is 5.92 Å². The normalized spacial score (nSPS) is 29.0. The van der Waals surface area contributed by atoms with Gasteiger partial charge in [-0.2, -0.15) is 0 Å². The minimum absolute atomic E-state index is 0.361. The van der Waals surface area contributed by atoms with Gasteiger partial charge in [0.1, 0.15) is 0 Å². The van der Waals surface area contributed by atoms with Crippen LogP contribution in [-0.2, 0) is 0 Å². The van der Waals surface area contributed by atoms with E-state index in [2.05, 4.69) is 45.0 Å². The summed E-state index contributed by atoms with van der Waals surface area (Å²) in [5.41, 5.74) is 0.361. The van der Waals surface area contributed by atoms with E-state index < -0.39 is 0 Å². The molecule has 1 saturated heterocycles. The van der Waals surface area contributed by atoms with Gasteiger partial charge in [-0.05, 0) is 52.6 Å². The van der Waals surface area contributed by atoms with Crippen LogP contribution < -0.4 is 5.32 Å². The molecule has 2 unspecified atom stereocenters. The van der Waals surface area contributed by atoms with E-state index in [1.807, 2.05) is 0 Å². The van der Waals surface area contributed by atoms with Gasteiger partial charge in [0.05, 0.1) is 0 Å². The predicted octanol–water partition coefficient (Wildman–Crippen LogP) is 2.49. The van der Waals surface area contributed by atoms with E-state index in [1.165, 1.54) is 32.4 Å². The second-order valence-electron chi connectivity index (χ2n) is 5.98. The summed E-state index contributed by atoms with van der Waals surface area (Å²) in [6.45, 7) is 11.7. The number of rotatable bonds is 5.